The number of urea groups is 1. The van der Waals surface area contributed by atoms with Crippen LogP contribution in [0.2, 0.25) is 0 Å². The van der Waals surface area contributed by atoms with Crippen molar-refractivity contribution in [3.63, 3.8) is 0 Å². The van der Waals surface area contributed by atoms with Crippen LogP contribution in [-0.4, -0.2) is 25.2 Å². The van der Waals surface area contributed by atoms with Gasteiger partial charge >= 0.3 is 6.03 Å². The molecular formula is C27H33FN2O3. The van der Waals surface area contributed by atoms with Crippen LogP contribution in [0.25, 0.3) is 0 Å². The molecule has 176 valence electrons. The van der Waals surface area contributed by atoms with Crippen LogP contribution in [0.4, 0.5) is 9.18 Å². The van der Waals surface area contributed by atoms with E-state index in [1.165, 1.54) is 31.4 Å². The Bertz CT molecular complexity index is 925. The Kier molecular flexibility index (Phi) is 6.17. The zero-order valence-electron chi connectivity index (χ0n) is 19.2. The number of carbonyl (C=O) groups excluding carboxylic acids is 1. The molecule has 6 rings (SSSR count). The number of ether oxygens (including phenoxy) is 2. The minimum absolute atomic E-state index is 0.00517. The maximum atomic E-state index is 13.5. The van der Waals surface area contributed by atoms with Gasteiger partial charge in [-0.1, -0.05) is 12.1 Å². The Morgan fingerprint density at radius 2 is 1.55 bits per heavy atom. The van der Waals surface area contributed by atoms with Crippen molar-refractivity contribution in [2.75, 3.05) is 13.7 Å². The molecule has 5 nitrogen and oxygen atoms in total. The summed E-state index contributed by atoms with van der Waals surface area (Å²) in [5.41, 5.74) is 0.866. The number of hydrogen-bond acceptors (Lipinski definition) is 3. The molecule has 0 aromatic heterocycles. The van der Waals surface area contributed by atoms with E-state index in [0.717, 1.165) is 48.3 Å². The standard InChI is InChI=1S/C27H33FN2O3/c1-32-23-6-8-24(9-7-23)33-25(21-2-4-22(28)5-3-21)10-11-29-26(31)30-27-15-18-12-19(16-27)14-20(13-18)17-27/h2-9,18-20,25H,10-17H2,1H3,(H2,29,30,31). The number of benzene rings is 2. The molecule has 2 amide bonds. The lowest BCUT2D eigenvalue weighted by Crippen LogP contribution is -2.61. The van der Waals surface area contributed by atoms with Crippen molar-refractivity contribution < 1.29 is 18.7 Å². The van der Waals surface area contributed by atoms with Gasteiger partial charge in [-0.3, -0.25) is 0 Å². The first-order valence-electron chi connectivity index (χ1n) is 12.1. The van der Waals surface area contributed by atoms with E-state index in [1.54, 1.807) is 19.2 Å². The van der Waals surface area contributed by atoms with Gasteiger partial charge < -0.3 is 20.1 Å². The number of carbonyl (C=O) groups is 1. The van der Waals surface area contributed by atoms with Crippen molar-refractivity contribution in [2.45, 2.75) is 56.6 Å². The molecule has 0 heterocycles. The van der Waals surface area contributed by atoms with E-state index in [0.29, 0.717) is 18.7 Å². The Hall–Kier alpha value is -2.76. The third-order valence-corrected chi connectivity index (χ3v) is 7.69. The van der Waals surface area contributed by atoms with Crippen molar-refractivity contribution in [1.29, 1.82) is 0 Å². The van der Waals surface area contributed by atoms with Gasteiger partial charge in [-0.05, 0) is 98.2 Å². The van der Waals surface area contributed by atoms with E-state index in [4.69, 9.17) is 9.47 Å². The Morgan fingerprint density at radius 1 is 0.970 bits per heavy atom. The molecule has 2 aromatic rings. The summed E-state index contributed by atoms with van der Waals surface area (Å²) in [6.45, 7) is 0.469. The molecule has 2 aromatic carbocycles. The zero-order valence-corrected chi connectivity index (χ0v) is 19.2. The zero-order chi connectivity index (χ0) is 22.8. The number of hydrogen-bond donors (Lipinski definition) is 2. The van der Waals surface area contributed by atoms with Crippen molar-refractivity contribution in [3.8, 4) is 11.5 Å². The second kappa shape index (κ2) is 9.24. The van der Waals surface area contributed by atoms with Gasteiger partial charge in [-0.2, -0.15) is 0 Å². The van der Waals surface area contributed by atoms with Gasteiger partial charge in [0.25, 0.3) is 0 Å². The highest BCUT2D eigenvalue weighted by molar-refractivity contribution is 5.74. The molecular weight excluding hydrogens is 419 g/mol. The van der Waals surface area contributed by atoms with E-state index in [2.05, 4.69) is 10.6 Å². The fourth-order valence-corrected chi connectivity index (χ4v) is 6.66. The van der Waals surface area contributed by atoms with Crippen LogP contribution in [0.15, 0.2) is 48.5 Å². The first-order chi connectivity index (χ1) is 16.0. The molecule has 0 spiro atoms. The van der Waals surface area contributed by atoms with E-state index >= 15 is 0 Å². The molecule has 1 atom stereocenters. The first-order valence-corrected chi connectivity index (χ1v) is 12.1. The summed E-state index contributed by atoms with van der Waals surface area (Å²) in [7, 11) is 1.62. The highest BCUT2D eigenvalue weighted by Crippen LogP contribution is 2.55. The highest BCUT2D eigenvalue weighted by Gasteiger charge is 2.51. The molecule has 4 aliphatic carbocycles. The molecule has 0 saturated heterocycles. The SMILES string of the molecule is COc1ccc(OC(CCNC(=O)NC23CC4CC(CC(C4)C2)C3)c2ccc(F)cc2)cc1. The second-order valence-electron chi connectivity index (χ2n) is 10.2. The molecule has 4 bridgehead atoms. The van der Waals surface area contributed by atoms with E-state index in [1.807, 2.05) is 24.3 Å². The normalized spacial score (nSPS) is 28.2. The predicted molar refractivity (Wildman–Crippen MR) is 125 cm³/mol. The fourth-order valence-electron chi connectivity index (χ4n) is 6.66. The second-order valence-corrected chi connectivity index (χ2v) is 10.2. The van der Waals surface area contributed by atoms with Gasteiger partial charge in [0.15, 0.2) is 0 Å². The Labute approximate surface area is 195 Å². The molecule has 1 unspecified atom stereocenters. The maximum absolute atomic E-state index is 13.5. The van der Waals surface area contributed by atoms with Crippen LogP contribution in [0.1, 0.15) is 56.6 Å². The first kappa shape index (κ1) is 22.1. The van der Waals surface area contributed by atoms with Crippen LogP contribution >= 0.6 is 0 Å². The largest absolute Gasteiger partial charge is 0.497 e. The van der Waals surface area contributed by atoms with Crippen LogP contribution < -0.4 is 20.1 Å². The molecule has 33 heavy (non-hydrogen) atoms. The van der Waals surface area contributed by atoms with Crippen LogP contribution in [-0.2, 0) is 0 Å². The maximum Gasteiger partial charge on any atom is 0.315 e. The van der Waals surface area contributed by atoms with Gasteiger partial charge in [0, 0.05) is 18.5 Å². The van der Waals surface area contributed by atoms with Gasteiger partial charge in [0.05, 0.1) is 7.11 Å². The molecule has 4 aliphatic rings. The van der Waals surface area contributed by atoms with Gasteiger partial charge in [0.2, 0.25) is 0 Å². The quantitative estimate of drug-likeness (QED) is 0.547. The third kappa shape index (κ3) is 5.10. The van der Waals surface area contributed by atoms with E-state index < -0.39 is 0 Å². The summed E-state index contributed by atoms with van der Waals surface area (Å²) in [4.78, 5) is 12.8. The van der Waals surface area contributed by atoms with Crippen LogP contribution in [0, 0.1) is 23.6 Å². The average molecular weight is 453 g/mol. The average Bonchev–Trinajstić information content (AvgIpc) is 2.78. The molecule has 0 aliphatic heterocycles. The lowest BCUT2D eigenvalue weighted by molar-refractivity contribution is -0.0135. The van der Waals surface area contributed by atoms with Crippen molar-refractivity contribution in [1.82, 2.24) is 10.6 Å². The Morgan fingerprint density at radius 3 is 2.12 bits per heavy atom. The summed E-state index contributed by atoms with van der Waals surface area (Å²) < 4.78 is 24.9. The van der Waals surface area contributed by atoms with Gasteiger partial charge in [-0.15, -0.1) is 0 Å². The monoisotopic (exact) mass is 452 g/mol. The lowest BCUT2D eigenvalue weighted by Gasteiger charge is -2.56. The molecule has 2 N–H and O–H groups in total. The molecule has 4 saturated carbocycles. The fraction of sp³-hybridized carbons (Fsp3) is 0.519. The predicted octanol–water partition coefficient (Wildman–Crippen LogP) is 5.61. The van der Waals surface area contributed by atoms with E-state index in [-0.39, 0.29) is 23.5 Å². The number of halogens is 1. The van der Waals surface area contributed by atoms with Crippen molar-refractivity contribution >= 4 is 6.03 Å². The summed E-state index contributed by atoms with van der Waals surface area (Å²) in [5.74, 6) is 3.54. The molecule has 6 heteroatoms. The Balaban J connectivity index is 1.19. The van der Waals surface area contributed by atoms with Crippen LogP contribution in [0.5, 0.6) is 11.5 Å². The molecule has 0 radical (unpaired) electrons. The minimum Gasteiger partial charge on any atom is -0.497 e. The smallest absolute Gasteiger partial charge is 0.315 e. The minimum atomic E-state index is -0.307. The number of nitrogens with one attached hydrogen (secondary N) is 2. The highest BCUT2D eigenvalue weighted by atomic mass is 19.1. The molecule has 4 fully saturated rings. The van der Waals surface area contributed by atoms with E-state index in [9.17, 15) is 9.18 Å². The summed E-state index contributed by atoms with van der Waals surface area (Å²) in [5, 5.41) is 6.40. The lowest BCUT2D eigenvalue weighted by atomic mass is 9.53. The number of amides is 2. The number of methoxy groups -OCH3 is 1. The summed E-state index contributed by atoms with van der Waals surface area (Å²) in [6.07, 6.45) is 7.71. The van der Waals surface area contributed by atoms with Crippen molar-refractivity contribution in [2.24, 2.45) is 17.8 Å². The third-order valence-electron chi connectivity index (χ3n) is 7.69. The van der Waals surface area contributed by atoms with Crippen LogP contribution in [0.3, 0.4) is 0 Å². The van der Waals surface area contributed by atoms with Gasteiger partial charge in [-0.25, -0.2) is 9.18 Å². The van der Waals surface area contributed by atoms with Crippen molar-refractivity contribution in [3.05, 3.63) is 59.9 Å². The summed E-state index contributed by atoms with van der Waals surface area (Å²) in [6, 6.07) is 13.6. The number of rotatable bonds is 8. The topological polar surface area (TPSA) is 59.6 Å². The summed E-state index contributed by atoms with van der Waals surface area (Å²) >= 11 is 0. The van der Waals surface area contributed by atoms with Gasteiger partial charge in [0.1, 0.15) is 23.4 Å².